The van der Waals surface area contributed by atoms with Crippen molar-refractivity contribution in [3.8, 4) is 17.3 Å². The van der Waals surface area contributed by atoms with Crippen molar-refractivity contribution >= 4 is 22.5 Å². The van der Waals surface area contributed by atoms with Crippen molar-refractivity contribution in [3.63, 3.8) is 0 Å². The lowest BCUT2D eigenvalue weighted by molar-refractivity contribution is 0.0941. The lowest BCUT2D eigenvalue weighted by Crippen LogP contribution is -2.07. The Kier molecular flexibility index (Phi) is 5.10. The Morgan fingerprint density at radius 1 is 1.21 bits per heavy atom. The Morgan fingerprint density at radius 3 is 2.54 bits per heavy atom. The molecule has 0 atom stereocenters. The van der Waals surface area contributed by atoms with Gasteiger partial charge in [-0.3, -0.25) is 9.78 Å². The normalized spacial score (nSPS) is 12.4. The zero-order valence-corrected chi connectivity index (χ0v) is 16.7. The summed E-state index contributed by atoms with van der Waals surface area (Å²) in [5, 5.41) is 9.44. The fraction of sp³-hybridized carbons (Fsp3) is 0.318. The van der Waals surface area contributed by atoms with Gasteiger partial charge >= 0.3 is 0 Å². The molecule has 0 saturated heterocycles. The van der Waals surface area contributed by atoms with Crippen LogP contribution < -0.4 is 0 Å². The number of aromatic amines is 1. The summed E-state index contributed by atoms with van der Waals surface area (Å²) in [5.74, 6) is -0.0958. The van der Waals surface area contributed by atoms with Crippen molar-refractivity contribution in [2.45, 2.75) is 34.6 Å². The second-order valence-corrected chi connectivity index (χ2v) is 8.14. The summed E-state index contributed by atoms with van der Waals surface area (Å²) in [5.41, 5.74) is 4.13. The number of hydrogen-bond donors (Lipinski definition) is 1. The maximum absolute atomic E-state index is 12.4. The van der Waals surface area contributed by atoms with Crippen molar-refractivity contribution in [3.05, 3.63) is 48.1 Å². The molecule has 3 heterocycles. The van der Waals surface area contributed by atoms with Crippen LogP contribution in [0.5, 0.6) is 0 Å². The van der Waals surface area contributed by atoms with Gasteiger partial charge in [-0.05, 0) is 17.5 Å². The van der Waals surface area contributed by atoms with Gasteiger partial charge in [0.2, 0.25) is 0 Å². The number of hydrogen-bond acceptors (Lipinski definition) is 5. The van der Waals surface area contributed by atoms with Crippen molar-refractivity contribution in [1.82, 2.24) is 19.9 Å². The van der Waals surface area contributed by atoms with Crippen molar-refractivity contribution in [1.29, 1.82) is 5.26 Å². The molecule has 0 saturated carbocycles. The van der Waals surface area contributed by atoms with E-state index in [4.69, 9.17) is 0 Å². The molecule has 0 aliphatic heterocycles. The third-order valence-electron chi connectivity index (χ3n) is 4.20. The Labute approximate surface area is 164 Å². The Morgan fingerprint density at radius 2 is 1.96 bits per heavy atom. The number of fused-ring (bicyclic) bond motifs is 1. The minimum absolute atomic E-state index is 0.0251. The van der Waals surface area contributed by atoms with Crippen LogP contribution in [0.1, 0.15) is 50.7 Å². The minimum atomic E-state index is -0.121. The molecular formula is C22H23N5O. The van der Waals surface area contributed by atoms with Gasteiger partial charge in [-0.25, -0.2) is 9.97 Å². The van der Waals surface area contributed by atoms with Gasteiger partial charge < -0.3 is 4.98 Å². The quantitative estimate of drug-likeness (QED) is 0.523. The molecule has 0 fully saturated rings. The van der Waals surface area contributed by atoms with E-state index >= 15 is 0 Å². The Bertz CT molecular complexity index is 1090. The van der Waals surface area contributed by atoms with Crippen molar-refractivity contribution < 1.29 is 4.79 Å². The van der Waals surface area contributed by atoms with E-state index in [-0.39, 0.29) is 17.1 Å². The van der Waals surface area contributed by atoms with E-state index in [1.54, 1.807) is 24.7 Å². The highest BCUT2D eigenvalue weighted by atomic mass is 16.1. The lowest BCUT2D eigenvalue weighted by atomic mass is 9.92. The summed E-state index contributed by atoms with van der Waals surface area (Å²) < 4.78 is 0. The van der Waals surface area contributed by atoms with E-state index in [0.717, 1.165) is 5.56 Å². The minimum Gasteiger partial charge on any atom is -0.344 e. The second-order valence-electron chi connectivity index (χ2n) is 8.14. The fourth-order valence-electron chi connectivity index (χ4n) is 2.83. The summed E-state index contributed by atoms with van der Waals surface area (Å²) >= 11 is 0. The van der Waals surface area contributed by atoms with Crippen LogP contribution in [0, 0.1) is 22.7 Å². The van der Waals surface area contributed by atoms with E-state index in [1.807, 2.05) is 46.8 Å². The summed E-state index contributed by atoms with van der Waals surface area (Å²) in [4.78, 5) is 28.8. The first-order chi connectivity index (χ1) is 13.2. The van der Waals surface area contributed by atoms with Gasteiger partial charge in [0.25, 0.3) is 0 Å². The first-order valence-corrected chi connectivity index (χ1v) is 9.17. The third-order valence-corrected chi connectivity index (χ3v) is 4.20. The Balaban J connectivity index is 1.99. The van der Waals surface area contributed by atoms with Crippen LogP contribution in [0.15, 0.2) is 36.8 Å². The number of ketones is 1. The zero-order valence-electron chi connectivity index (χ0n) is 16.7. The molecule has 6 nitrogen and oxygen atoms in total. The molecule has 6 heteroatoms. The molecule has 1 N–H and O–H groups in total. The molecular weight excluding hydrogens is 350 g/mol. The van der Waals surface area contributed by atoms with Crippen LogP contribution in [0.25, 0.3) is 28.0 Å². The van der Waals surface area contributed by atoms with Crippen LogP contribution in [0.4, 0.5) is 0 Å². The maximum Gasteiger partial charge on any atom is 0.169 e. The molecule has 0 aliphatic carbocycles. The predicted molar refractivity (Wildman–Crippen MR) is 109 cm³/mol. The number of nitriles is 1. The molecule has 28 heavy (non-hydrogen) atoms. The van der Waals surface area contributed by atoms with Gasteiger partial charge in [0, 0.05) is 23.9 Å². The molecule has 0 amide bonds. The van der Waals surface area contributed by atoms with Gasteiger partial charge in [0.1, 0.15) is 11.6 Å². The average Bonchev–Trinajstić information content (AvgIpc) is 3.08. The molecule has 3 rings (SSSR count). The number of H-pyrrole nitrogens is 1. The van der Waals surface area contributed by atoms with E-state index < -0.39 is 0 Å². The van der Waals surface area contributed by atoms with Gasteiger partial charge in [-0.1, -0.05) is 40.7 Å². The molecule has 0 aromatic carbocycles. The molecule has 0 aliphatic rings. The number of allylic oxidation sites excluding steroid dienone is 2. The van der Waals surface area contributed by atoms with Crippen LogP contribution in [-0.4, -0.2) is 25.7 Å². The summed E-state index contributed by atoms with van der Waals surface area (Å²) in [6.45, 7) is 9.83. The SMILES string of the molecule is CC(C)C(=O)c1c[nH]c2ncc(-c3ccc(C(C#N)=CC(C)(C)C)nc3)nc12. The topological polar surface area (TPSA) is 95.3 Å². The van der Waals surface area contributed by atoms with Gasteiger partial charge in [-0.2, -0.15) is 5.26 Å². The van der Waals surface area contributed by atoms with Crippen LogP contribution in [0.2, 0.25) is 0 Å². The number of rotatable bonds is 4. The maximum atomic E-state index is 12.4. The first-order valence-electron chi connectivity index (χ1n) is 9.17. The molecule has 0 spiro atoms. The third kappa shape index (κ3) is 3.99. The van der Waals surface area contributed by atoms with Gasteiger partial charge in [-0.15, -0.1) is 0 Å². The fourth-order valence-corrected chi connectivity index (χ4v) is 2.83. The largest absolute Gasteiger partial charge is 0.344 e. The second kappa shape index (κ2) is 7.35. The average molecular weight is 373 g/mol. The summed E-state index contributed by atoms with van der Waals surface area (Å²) in [6.07, 6.45) is 6.89. The van der Waals surface area contributed by atoms with Crippen LogP contribution >= 0.6 is 0 Å². The molecule has 3 aromatic heterocycles. The Hall–Kier alpha value is -3.33. The number of Topliss-reactive ketones (excluding diaryl/α,β-unsaturated/α-hetero) is 1. The molecule has 0 bridgehead atoms. The summed E-state index contributed by atoms with van der Waals surface area (Å²) in [6, 6.07) is 5.88. The number of carbonyl (C=O) groups is 1. The number of nitrogens with zero attached hydrogens (tertiary/aromatic N) is 4. The van der Waals surface area contributed by atoms with Gasteiger partial charge in [0.15, 0.2) is 11.4 Å². The lowest BCUT2D eigenvalue weighted by Gasteiger charge is -2.12. The molecule has 142 valence electrons. The monoisotopic (exact) mass is 373 g/mol. The van der Waals surface area contributed by atoms with Gasteiger partial charge in [0.05, 0.1) is 28.7 Å². The molecule has 0 radical (unpaired) electrons. The number of pyridine rings is 1. The van der Waals surface area contributed by atoms with Crippen LogP contribution in [-0.2, 0) is 0 Å². The highest BCUT2D eigenvalue weighted by Crippen LogP contribution is 2.25. The van der Waals surface area contributed by atoms with Crippen molar-refractivity contribution in [2.24, 2.45) is 11.3 Å². The first kappa shape index (κ1) is 19.4. The van der Waals surface area contributed by atoms with E-state index in [1.165, 1.54) is 0 Å². The highest BCUT2D eigenvalue weighted by Gasteiger charge is 2.18. The van der Waals surface area contributed by atoms with E-state index in [2.05, 4.69) is 26.0 Å². The zero-order chi connectivity index (χ0) is 20.5. The van der Waals surface area contributed by atoms with Crippen LogP contribution in [0.3, 0.4) is 0 Å². The van der Waals surface area contributed by atoms with E-state index in [9.17, 15) is 10.1 Å². The highest BCUT2D eigenvalue weighted by molar-refractivity contribution is 6.06. The smallest absolute Gasteiger partial charge is 0.169 e. The van der Waals surface area contributed by atoms with Crippen molar-refractivity contribution in [2.75, 3.05) is 0 Å². The molecule has 0 unspecified atom stereocenters. The molecule has 3 aromatic rings. The number of aromatic nitrogens is 4. The number of carbonyl (C=O) groups excluding carboxylic acids is 1. The predicted octanol–water partition coefficient (Wildman–Crippen LogP) is 4.81. The number of nitrogens with one attached hydrogen (secondary N) is 1. The standard InChI is InChI=1S/C22H23N5O/c1-13(2)20(28)16-11-25-21-19(16)27-18(12-26-21)14-6-7-17(24-10-14)15(9-23)8-22(3,4)5/h6-8,10-13H,1-5H3,(H,25,26). The summed E-state index contributed by atoms with van der Waals surface area (Å²) in [7, 11) is 0. The van der Waals surface area contributed by atoms with E-state index in [0.29, 0.717) is 33.7 Å².